The second-order valence-corrected chi connectivity index (χ2v) is 7.35. The van der Waals surface area contributed by atoms with Crippen molar-refractivity contribution in [3.8, 4) is 23.0 Å². The highest BCUT2D eigenvalue weighted by Gasteiger charge is 2.20. The monoisotopic (exact) mass is 406 g/mol. The summed E-state index contributed by atoms with van der Waals surface area (Å²) in [5.74, 6) is 1.14. The molecule has 0 radical (unpaired) electrons. The molecular formula is C22H26N6O2. The lowest BCUT2D eigenvalue weighted by atomic mass is 10.1. The SMILES string of the molecule is CCC[C@@H](CO)n1cc(C)c2nc(-c3ccc(-n4cccn4)nc3OC)c(C)nc21. The van der Waals surface area contributed by atoms with Crippen molar-refractivity contribution in [2.45, 2.75) is 39.7 Å². The number of hydrogen-bond donors (Lipinski definition) is 1. The lowest BCUT2D eigenvalue weighted by Gasteiger charge is -2.17. The number of hydrogen-bond acceptors (Lipinski definition) is 6. The van der Waals surface area contributed by atoms with Crippen molar-refractivity contribution in [2.24, 2.45) is 0 Å². The Balaban J connectivity index is 1.84. The van der Waals surface area contributed by atoms with E-state index in [1.165, 1.54) is 0 Å². The molecule has 4 heterocycles. The van der Waals surface area contributed by atoms with Crippen LogP contribution in [-0.4, -0.2) is 48.1 Å². The summed E-state index contributed by atoms with van der Waals surface area (Å²) >= 11 is 0. The third-order valence-corrected chi connectivity index (χ3v) is 5.26. The molecule has 8 heteroatoms. The first-order valence-electron chi connectivity index (χ1n) is 10.1. The van der Waals surface area contributed by atoms with Crippen LogP contribution in [-0.2, 0) is 0 Å². The number of pyridine rings is 1. The lowest BCUT2D eigenvalue weighted by Crippen LogP contribution is -2.13. The molecule has 0 aromatic carbocycles. The van der Waals surface area contributed by atoms with E-state index in [2.05, 4.69) is 17.0 Å². The van der Waals surface area contributed by atoms with Crippen LogP contribution in [0.2, 0.25) is 0 Å². The molecular weight excluding hydrogens is 380 g/mol. The van der Waals surface area contributed by atoms with Crippen LogP contribution in [0.4, 0.5) is 0 Å². The highest BCUT2D eigenvalue weighted by atomic mass is 16.5. The number of aliphatic hydroxyl groups excluding tert-OH is 1. The predicted octanol–water partition coefficient (Wildman–Crippen LogP) is 3.64. The number of nitrogens with zero attached hydrogens (tertiary/aromatic N) is 6. The van der Waals surface area contributed by atoms with Gasteiger partial charge in [0.15, 0.2) is 11.5 Å². The molecule has 4 rings (SSSR count). The van der Waals surface area contributed by atoms with Crippen molar-refractivity contribution < 1.29 is 9.84 Å². The molecule has 0 saturated heterocycles. The molecule has 0 spiro atoms. The Morgan fingerprint density at radius 1 is 1.17 bits per heavy atom. The maximum Gasteiger partial charge on any atom is 0.224 e. The van der Waals surface area contributed by atoms with Gasteiger partial charge < -0.3 is 14.4 Å². The Bertz CT molecular complexity index is 1170. The number of aromatic nitrogens is 6. The molecule has 30 heavy (non-hydrogen) atoms. The average molecular weight is 406 g/mol. The van der Waals surface area contributed by atoms with Crippen molar-refractivity contribution in [3.05, 3.63) is 48.0 Å². The zero-order valence-electron chi connectivity index (χ0n) is 17.7. The maximum absolute atomic E-state index is 9.85. The van der Waals surface area contributed by atoms with Gasteiger partial charge in [0.2, 0.25) is 5.88 Å². The number of ether oxygens (including phenoxy) is 1. The van der Waals surface area contributed by atoms with Gasteiger partial charge in [-0.2, -0.15) is 10.1 Å². The first-order valence-corrected chi connectivity index (χ1v) is 10.1. The van der Waals surface area contributed by atoms with Crippen LogP contribution in [0.3, 0.4) is 0 Å². The Labute approximate surface area is 175 Å². The largest absolute Gasteiger partial charge is 0.480 e. The van der Waals surface area contributed by atoms with Crippen molar-refractivity contribution >= 4 is 11.2 Å². The van der Waals surface area contributed by atoms with Gasteiger partial charge in [0.1, 0.15) is 5.52 Å². The molecule has 4 aromatic rings. The van der Waals surface area contributed by atoms with Gasteiger partial charge in [-0.3, -0.25) is 0 Å². The second-order valence-electron chi connectivity index (χ2n) is 7.35. The molecule has 0 amide bonds. The summed E-state index contributed by atoms with van der Waals surface area (Å²) < 4.78 is 9.30. The van der Waals surface area contributed by atoms with Crippen LogP contribution in [0, 0.1) is 13.8 Å². The van der Waals surface area contributed by atoms with E-state index in [1.807, 2.05) is 49.0 Å². The minimum absolute atomic E-state index is 0.00435. The Kier molecular flexibility index (Phi) is 5.50. The summed E-state index contributed by atoms with van der Waals surface area (Å²) in [5.41, 5.74) is 4.93. The van der Waals surface area contributed by atoms with Crippen LogP contribution < -0.4 is 4.74 Å². The highest BCUT2D eigenvalue weighted by Crippen LogP contribution is 2.32. The minimum Gasteiger partial charge on any atom is -0.480 e. The van der Waals surface area contributed by atoms with E-state index in [0.717, 1.165) is 46.5 Å². The number of methoxy groups -OCH3 is 1. The molecule has 0 aliphatic carbocycles. The van der Waals surface area contributed by atoms with E-state index in [9.17, 15) is 5.11 Å². The topological polar surface area (TPSA) is 90.9 Å². The molecule has 8 nitrogen and oxygen atoms in total. The molecule has 0 bridgehead atoms. The van der Waals surface area contributed by atoms with Gasteiger partial charge in [-0.1, -0.05) is 13.3 Å². The van der Waals surface area contributed by atoms with Crippen LogP contribution >= 0.6 is 0 Å². The van der Waals surface area contributed by atoms with Gasteiger partial charge in [-0.25, -0.2) is 14.6 Å². The third kappa shape index (κ3) is 3.43. The summed E-state index contributed by atoms with van der Waals surface area (Å²) in [5, 5.41) is 14.1. The first kappa shape index (κ1) is 20.0. The van der Waals surface area contributed by atoms with Crippen molar-refractivity contribution in [2.75, 3.05) is 13.7 Å². The maximum atomic E-state index is 9.85. The summed E-state index contributed by atoms with van der Waals surface area (Å²) in [7, 11) is 1.60. The number of aryl methyl sites for hydroxylation is 2. The molecule has 1 atom stereocenters. The van der Waals surface area contributed by atoms with E-state index >= 15 is 0 Å². The molecule has 0 fully saturated rings. The molecule has 0 aliphatic rings. The van der Waals surface area contributed by atoms with Crippen LogP contribution in [0.15, 0.2) is 36.8 Å². The van der Waals surface area contributed by atoms with Crippen LogP contribution in [0.25, 0.3) is 28.2 Å². The fourth-order valence-electron chi connectivity index (χ4n) is 3.77. The van der Waals surface area contributed by atoms with Crippen molar-refractivity contribution in [1.29, 1.82) is 0 Å². The zero-order valence-corrected chi connectivity index (χ0v) is 17.7. The summed E-state index contributed by atoms with van der Waals surface area (Å²) in [4.78, 5) is 14.4. The summed E-state index contributed by atoms with van der Waals surface area (Å²) in [6, 6.07) is 5.66. The number of fused-ring (bicyclic) bond motifs is 1. The van der Waals surface area contributed by atoms with Crippen molar-refractivity contribution in [1.82, 2.24) is 29.3 Å². The fourth-order valence-corrected chi connectivity index (χ4v) is 3.77. The van der Waals surface area contributed by atoms with Crippen LogP contribution in [0.1, 0.15) is 37.1 Å². The van der Waals surface area contributed by atoms with Gasteiger partial charge in [0, 0.05) is 18.6 Å². The van der Waals surface area contributed by atoms with E-state index in [0.29, 0.717) is 11.7 Å². The van der Waals surface area contributed by atoms with E-state index in [4.69, 9.17) is 14.7 Å². The molecule has 156 valence electrons. The summed E-state index contributed by atoms with van der Waals surface area (Å²) in [6.45, 7) is 6.14. The standard InChI is InChI=1S/C22H26N6O2/c1-5-7-16(13-29)27-12-14(2)19-21(27)24-15(3)20(26-19)17-8-9-18(25-22(17)30-4)28-11-6-10-23-28/h6,8-12,16,29H,5,7,13H2,1-4H3/t16-/m0/s1. The van der Waals surface area contributed by atoms with E-state index in [-0.39, 0.29) is 12.6 Å². The number of rotatable bonds is 7. The molecule has 0 aliphatic heterocycles. The van der Waals surface area contributed by atoms with Gasteiger partial charge >= 0.3 is 0 Å². The smallest absolute Gasteiger partial charge is 0.224 e. The first-order chi connectivity index (χ1) is 14.6. The molecule has 0 saturated carbocycles. The highest BCUT2D eigenvalue weighted by molar-refractivity contribution is 5.81. The van der Waals surface area contributed by atoms with Crippen molar-refractivity contribution in [3.63, 3.8) is 0 Å². The number of aliphatic hydroxyl groups is 1. The van der Waals surface area contributed by atoms with E-state index < -0.39 is 0 Å². The lowest BCUT2D eigenvalue weighted by molar-refractivity contribution is 0.222. The Morgan fingerprint density at radius 2 is 2.00 bits per heavy atom. The third-order valence-electron chi connectivity index (χ3n) is 5.26. The second kappa shape index (κ2) is 8.23. The summed E-state index contributed by atoms with van der Waals surface area (Å²) in [6.07, 6.45) is 7.44. The minimum atomic E-state index is -0.00435. The normalized spacial score (nSPS) is 12.4. The van der Waals surface area contributed by atoms with Gasteiger partial charge in [-0.15, -0.1) is 0 Å². The predicted molar refractivity (Wildman–Crippen MR) is 115 cm³/mol. The Morgan fingerprint density at radius 3 is 2.67 bits per heavy atom. The van der Waals surface area contributed by atoms with Gasteiger partial charge in [0.05, 0.1) is 36.7 Å². The van der Waals surface area contributed by atoms with E-state index in [1.54, 1.807) is 18.0 Å². The van der Waals surface area contributed by atoms with Gasteiger partial charge in [-0.05, 0) is 44.0 Å². The quantitative estimate of drug-likeness (QED) is 0.504. The molecule has 0 unspecified atom stereocenters. The van der Waals surface area contributed by atoms with Crippen LogP contribution in [0.5, 0.6) is 5.88 Å². The molecule has 4 aromatic heterocycles. The zero-order chi connectivity index (χ0) is 21.3. The van der Waals surface area contributed by atoms with Gasteiger partial charge in [0.25, 0.3) is 0 Å². The Hall–Kier alpha value is -3.26. The molecule has 1 N–H and O–H groups in total. The average Bonchev–Trinajstić information content (AvgIpc) is 3.40. The fraction of sp³-hybridized carbons (Fsp3) is 0.364.